The molecule has 2 unspecified atom stereocenters. The van der Waals surface area contributed by atoms with Gasteiger partial charge in [-0.05, 0) is 26.1 Å². The van der Waals surface area contributed by atoms with Crippen LogP contribution in [-0.2, 0) is 0 Å². The standard InChI is InChI=1S/C13H30N2S/c1-10(2)13(8-14-11(3)4)15(6)12(5)9-16-7/h10-14H,8-9H2,1-7H3. The Bertz CT molecular complexity index is 171. The van der Waals surface area contributed by atoms with E-state index in [2.05, 4.69) is 58.1 Å². The summed E-state index contributed by atoms with van der Waals surface area (Å²) in [6.07, 6.45) is 2.18. The van der Waals surface area contributed by atoms with E-state index in [1.807, 2.05) is 11.8 Å². The van der Waals surface area contributed by atoms with Gasteiger partial charge in [0, 0.05) is 30.4 Å². The van der Waals surface area contributed by atoms with E-state index >= 15 is 0 Å². The zero-order chi connectivity index (χ0) is 12.7. The molecule has 0 aromatic heterocycles. The van der Waals surface area contributed by atoms with Crippen LogP contribution in [0.25, 0.3) is 0 Å². The molecular formula is C13H30N2S. The van der Waals surface area contributed by atoms with Crippen LogP contribution in [0.2, 0.25) is 0 Å². The summed E-state index contributed by atoms with van der Waals surface area (Å²) in [4.78, 5) is 2.52. The van der Waals surface area contributed by atoms with Crippen LogP contribution in [0.1, 0.15) is 34.6 Å². The predicted octanol–water partition coefficient (Wildman–Crippen LogP) is 2.69. The molecule has 0 spiro atoms. The molecule has 0 rings (SSSR count). The highest BCUT2D eigenvalue weighted by Gasteiger charge is 2.22. The Morgan fingerprint density at radius 2 is 1.69 bits per heavy atom. The van der Waals surface area contributed by atoms with E-state index < -0.39 is 0 Å². The summed E-state index contributed by atoms with van der Waals surface area (Å²) in [6, 6.07) is 1.85. The third kappa shape index (κ3) is 6.12. The minimum absolute atomic E-state index is 0.575. The van der Waals surface area contributed by atoms with Crippen molar-refractivity contribution in [2.24, 2.45) is 5.92 Å². The quantitative estimate of drug-likeness (QED) is 0.709. The zero-order valence-corrected chi connectivity index (χ0v) is 12.9. The van der Waals surface area contributed by atoms with Gasteiger partial charge in [-0.2, -0.15) is 11.8 Å². The lowest BCUT2D eigenvalue weighted by Gasteiger charge is -2.36. The molecular weight excluding hydrogens is 216 g/mol. The first-order valence-corrected chi connectivity index (χ1v) is 7.73. The van der Waals surface area contributed by atoms with Crippen molar-refractivity contribution in [2.45, 2.75) is 52.7 Å². The molecule has 0 radical (unpaired) electrons. The van der Waals surface area contributed by atoms with Crippen LogP contribution in [-0.4, -0.2) is 48.6 Å². The van der Waals surface area contributed by atoms with Crippen LogP contribution in [0.15, 0.2) is 0 Å². The summed E-state index contributed by atoms with van der Waals surface area (Å²) in [5.74, 6) is 1.90. The topological polar surface area (TPSA) is 15.3 Å². The van der Waals surface area contributed by atoms with Crippen molar-refractivity contribution in [1.82, 2.24) is 10.2 Å². The van der Waals surface area contributed by atoms with Crippen LogP contribution >= 0.6 is 11.8 Å². The molecule has 0 aromatic carbocycles. The normalized spacial score (nSPS) is 16.1. The Balaban J connectivity index is 4.28. The lowest BCUT2D eigenvalue weighted by Crippen LogP contribution is -2.49. The maximum absolute atomic E-state index is 3.56. The molecule has 0 aliphatic carbocycles. The van der Waals surface area contributed by atoms with Gasteiger partial charge in [0.2, 0.25) is 0 Å². The van der Waals surface area contributed by atoms with Crippen molar-refractivity contribution in [3.05, 3.63) is 0 Å². The highest BCUT2D eigenvalue weighted by Crippen LogP contribution is 2.14. The average Bonchev–Trinajstić information content (AvgIpc) is 2.17. The minimum Gasteiger partial charge on any atom is -0.313 e. The molecule has 0 bridgehead atoms. The van der Waals surface area contributed by atoms with Gasteiger partial charge in [-0.15, -0.1) is 0 Å². The Hall–Kier alpha value is 0.270. The molecule has 0 saturated heterocycles. The molecule has 1 N–H and O–H groups in total. The van der Waals surface area contributed by atoms with Gasteiger partial charge in [-0.3, -0.25) is 4.90 Å². The molecule has 0 aliphatic heterocycles. The summed E-state index contributed by atoms with van der Waals surface area (Å²) >= 11 is 1.93. The number of nitrogens with zero attached hydrogens (tertiary/aromatic N) is 1. The van der Waals surface area contributed by atoms with Crippen LogP contribution in [0.5, 0.6) is 0 Å². The van der Waals surface area contributed by atoms with Gasteiger partial charge >= 0.3 is 0 Å². The number of hydrogen-bond acceptors (Lipinski definition) is 3. The molecule has 16 heavy (non-hydrogen) atoms. The largest absolute Gasteiger partial charge is 0.313 e. The minimum atomic E-state index is 0.575. The van der Waals surface area contributed by atoms with E-state index in [-0.39, 0.29) is 0 Å². The Labute approximate surface area is 107 Å². The SMILES string of the molecule is CSCC(C)N(C)C(CNC(C)C)C(C)C. The summed E-state index contributed by atoms with van der Waals surface area (Å²) in [5.41, 5.74) is 0. The molecule has 0 fully saturated rings. The van der Waals surface area contributed by atoms with Crippen LogP contribution in [0.3, 0.4) is 0 Å². The molecule has 0 aliphatic rings. The van der Waals surface area contributed by atoms with Gasteiger partial charge < -0.3 is 5.32 Å². The summed E-state index contributed by atoms with van der Waals surface area (Å²) < 4.78 is 0. The molecule has 2 nitrogen and oxygen atoms in total. The Morgan fingerprint density at radius 1 is 1.12 bits per heavy atom. The molecule has 0 amide bonds. The third-order valence-electron chi connectivity index (χ3n) is 3.13. The van der Waals surface area contributed by atoms with E-state index in [4.69, 9.17) is 0 Å². The molecule has 2 atom stereocenters. The lowest BCUT2D eigenvalue weighted by molar-refractivity contribution is 0.150. The van der Waals surface area contributed by atoms with Crippen molar-refractivity contribution in [3.63, 3.8) is 0 Å². The maximum atomic E-state index is 3.56. The first kappa shape index (κ1) is 16.3. The number of hydrogen-bond donors (Lipinski definition) is 1. The zero-order valence-electron chi connectivity index (χ0n) is 12.1. The van der Waals surface area contributed by atoms with Gasteiger partial charge in [0.15, 0.2) is 0 Å². The van der Waals surface area contributed by atoms with E-state index in [9.17, 15) is 0 Å². The van der Waals surface area contributed by atoms with Gasteiger partial charge in [-0.1, -0.05) is 27.7 Å². The van der Waals surface area contributed by atoms with Crippen molar-refractivity contribution in [2.75, 3.05) is 25.6 Å². The molecule has 0 saturated carbocycles. The van der Waals surface area contributed by atoms with Crippen LogP contribution in [0, 0.1) is 5.92 Å². The molecule has 3 heteroatoms. The fourth-order valence-electron chi connectivity index (χ4n) is 1.89. The van der Waals surface area contributed by atoms with Gasteiger partial charge in [0.05, 0.1) is 0 Å². The smallest absolute Gasteiger partial charge is 0.0243 e. The highest BCUT2D eigenvalue weighted by atomic mass is 32.2. The molecule has 98 valence electrons. The second kappa shape index (κ2) is 8.37. The maximum Gasteiger partial charge on any atom is 0.0243 e. The summed E-state index contributed by atoms with van der Waals surface area (Å²) in [7, 11) is 2.26. The number of nitrogens with one attached hydrogen (secondary N) is 1. The Morgan fingerprint density at radius 3 is 2.06 bits per heavy atom. The first-order valence-electron chi connectivity index (χ1n) is 6.34. The monoisotopic (exact) mass is 246 g/mol. The number of rotatable bonds is 8. The summed E-state index contributed by atoms with van der Waals surface area (Å²) in [5, 5.41) is 3.56. The van der Waals surface area contributed by atoms with E-state index in [1.54, 1.807) is 0 Å². The first-order chi connectivity index (χ1) is 7.40. The molecule has 0 heterocycles. The second-order valence-electron chi connectivity index (χ2n) is 5.34. The van der Waals surface area contributed by atoms with Crippen molar-refractivity contribution >= 4 is 11.8 Å². The van der Waals surface area contributed by atoms with Gasteiger partial charge in [0.1, 0.15) is 0 Å². The van der Waals surface area contributed by atoms with E-state index in [0.29, 0.717) is 24.0 Å². The highest BCUT2D eigenvalue weighted by molar-refractivity contribution is 7.98. The van der Waals surface area contributed by atoms with Crippen LogP contribution < -0.4 is 5.32 Å². The second-order valence-corrected chi connectivity index (χ2v) is 6.25. The number of thioether (sulfide) groups is 1. The fourth-order valence-corrected chi connectivity index (χ4v) is 2.61. The van der Waals surface area contributed by atoms with E-state index in [0.717, 1.165) is 6.54 Å². The summed E-state index contributed by atoms with van der Waals surface area (Å²) in [6.45, 7) is 12.5. The Kier molecular flexibility index (Phi) is 8.52. The number of likely N-dealkylation sites (N-methyl/N-ethyl adjacent to an activating group) is 1. The van der Waals surface area contributed by atoms with Gasteiger partial charge in [0.25, 0.3) is 0 Å². The van der Waals surface area contributed by atoms with Crippen molar-refractivity contribution in [3.8, 4) is 0 Å². The van der Waals surface area contributed by atoms with Crippen molar-refractivity contribution in [1.29, 1.82) is 0 Å². The average molecular weight is 246 g/mol. The van der Waals surface area contributed by atoms with E-state index in [1.165, 1.54) is 5.75 Å². The molecule has 0 aromatic rings. The van der Waals surface area contributed by atoms with Crippen LogP contribution in [0.4, 0.5) is 0 Å². The predicted molar refractivity (Wildman–Crippen MR) is 77.4 cm³/mol. The van der Waals surface area contributed by atoms with Gasteiger partial charge in [-0.25, -0.2) is 0 Å². The van der Waals surface area contributed by atoms with Crippen molar-refractivity contribution < 1.29 is 0 Å². The lowest BCUT2D eigenvalue weighted by atomic mass is 10.0. The fraction of sp³-hybridized carbons (Fsp3) is 1.00. The third-order valence-corrected chi connectivity index (χ3v) is 3.95.